The number of hydrogen-bond donors (Lipinski definition) is 0. The molecule has 0 saturated carbocycles. The van der Waals surface area contributed by atoms with Gasteiger partial charge >= 0.3 is 0 Å². The van der Waals surface area contributed by atoms with E-state index in [1.807, 2.05) is 49.1 Å². The van der Waals surface area contributed by atoms with E-state index in [9.17, 15) is 9.59 Å². The van der Waals surface area contributed by atoms with Gasteiger partial charge in [0.2, 0.25) is 23.5 Å². The molecule has 0 radical (unpaired) electrons. The smallest absolute Gasteiger partial charge is 0.230 e. The summed E-state index contributed by atoms with van der Waals surface area (Å²) in [4.78, 5) is 34.1. The van der Waals surface area contributed by atoms with Crippen LogP contribution >= 0.6 is 11.6 Å². The number of rotatable bonds is 4. The Balaban J connectivity index is 1.19. The van der Waals surface area contributed by atoms with Crippen LogP contribution in [0.2, 0.25) is 5.02 Å². The van der Waals surface area contributed by atoms with Crippen LogP contribution in [0.25, 0.3) is 11.4 Å². The van der Waals surface area contributed by atoms with Crippen molar-refractivity contribution in [1.29, 1.82) is 0 Å². The quantitative estimate of drug-likeness (QED) is 0.539. The molecule has 8 heteroatoms. The number of nitrogens with zero attached hydrogens (tertiary/aromatic N) is 4. The lowest BCUT2D eigenvalue weighted by molar-refractivity contribution is -0.136. The molecule has 3 aromatic rings. The molecule has 0 aliphatic carbocycles. The first-order valence-corrected chi connectivity index (χ1v) is 12.0. The van der Waals surface area contributed by atoms with Gasteiger partial charge in [0.1, 0.15) is 0 Å². The maximum absolute atomic E-state index is 13.2. The molecule has 0 spiro atoms. The van der Waals surface area contributed by atoms with Crippen LogP contribution in [0.1, 0.15) is 42.2 Å². The second-order valence-corrected chi connectivity index (χ2v) is 9.67. The van der Waals surface area contributed by atoms with Gasteiger partial charge in [0.25, 0.3) is 0 Å². The molecule has 0 bridgehead atoms. The zero-order valence-electron chi connectivity index (χ0n) is 19.3. The third kappa shape index (κ3) is 4.44. The highest BCUT2D eigenvalue weighted by atomic mass is 35.5. The molecule has 1 aromatic heterocycles. The van der Waals surface area contributed by atoms with Gasteiger partial charge in [-0.3, -0.25) is 9.59 Å². The van der Waals surface area contributed by atoms with Crippen molar-refractivity contribution in [3.05, 3.63) is 64.5 Å². The number of aryl methyl sites for hydroxylation is 2. The Labute approximate surface area is 203 Å². The summed E-state index contributed by atoms with van der Waals surface area (Å²) in [7, 11) is 0. The predicted molar refractivity (Wildman–Crippen MR) is 130 cm³/mol. The zero-order chi connectivity index (χ0) is 23.8. The van der Waals surface area contributed by atoms with Gasteiger partial charge in [-0.25, -0.2) is 0 Å². The molecule has 7 nitrogen and oxygen atoms in total. The summed E-state index contributed by atoms with van der Waals surface area (Å²) in [5.41, 5.74) is 4.05. The summed E-state index contributed by atoms with van der Waals surface area (Å²) < 4.78 is 5.53. The van der Waals surface area contributed by atoms with Gasteiger partial charge in [-0.1, -0.05) is 22.8 Å². The number of hydrogen-bond acceptors (Lipinski definition) is 5. The Morgan fingerprint density at radius 2 is 1.79 bits per heavy atom. The Bertz CT molecular complexity index is 1220. The van der Waals surface area contributed by atoms with E-state index in [0.717, 1.165) is 29.7 Å². The topological polar surface area (TPSA) is 79.5 Å². The van der Waals surface area contributed by atoms with Crippen LogP contribution in [0, 0.1) is 19.8 Å². The molecule has 2 saturated heterocycles. The fourth-order valence-electron chi connectivity index (χ4n) is 4.74. The van der Waals surface area contributed by atoms with Crippen LogP contribution < -0.4 is 4.90 Å². The van der Waals surface area contributed by atoms with E-state index < -0.39 is 0 Å². The number of amides is 2. The molecule has 2 fully saturated rings. The van der Waals surface area contributed by atoms with Crippen molar-refractivity contribution in [2.75, 3.05) is 24.5 Å². The van der Waals surface area contributed by atoms with Gasteiger partial charge in [0.05, 0.1) is 5.92 Å². The first kappa shape index (κ1) is 22.6. The maximum Gasteiger partial charge on any atom is 0.230 e. The lowest BCUT2D eigenvalue weighted by Gasteiger charge is -2.32. The first-order chi connectivity index (χ1) is 16.4. The van der Waals surface area contributed by atoms with Gasteiger partial charge in [0.15, 0.2) is 0 Å². The lowest BCUT2D eigenvalue weighted by atomic mass is 9.95. The Morgan fingerprint density at radius 3 is 2.50 bits per heavy atom. The molecule has 2 aromatic carbocycles. The van der Waals surface area contributed by atoms with Crippen LogP contribution in [-0.4, -0.2) is 46.5 Å². The lowest BCUT2D eigenvalue weighted by Crippen LogP contribution is -2.42. The van der Waals surface area contributed by atoms with E-state index in [4.69, 9.17) is 16.1 Å². The number of benzene rings is 2. The number of carbonyl (C=O) groups excluding carboxylic acids is 2. The summed E-state index contributed by atoms with van der Waals surface area (Å²) in [6.45, 7) is 5.77. The Hall–Kier alpha value is -3.19. The molecule has 5 rings (SSSR count). The highest BCUT2D eigenvalue weighted by Crippen LogP contribution is 2.32. The van der Waals surface area contributed by atoms with Crippen LogP contribution in [0.4, 0.5) is 5.69 Å². The third-order valence-electron chi connectivity index (χ3n) is 6.98. The minimum Gasteiger partial charge on any atom is -0.342 e. The van der Waals surface area contributed by atoms with E-state index in [1.165, 1.54) is 5.56 Å². The number of likely N-dealkylation sites (tertiary alicyclic amines) is 1. The monoisotopic (exact) mass is 478 g/mol. The van der Waals surface area contributed by atoms with Gasteiger partial charge in [-0.15, -0.1) is 0 Å². The van der Waals surface area contributed by atoms with E-state index in [0.29, 0.717) is 36.4 Å². The van der Waals surface area contributed by atoms with Gasteiger partial charge in [0, 0.05) is 48.2 Å². The first-order valence-electron chi connectivity index (χ1n) is 11.6. The Morgan fingerprint density at radius 1 is 1.06 bits per heavy atom. The normalized spacial score (nSPS) is 19.1. The molecule has 1 atom stereocenters. The average Bonchev–Trinajstić information content (AvgIpc) is 3.48. The molecule has 2 aliphatic rings. The maximum atomic E-state index is 13.2. The number of carbonyl (C=O) groups is 2. The van der Waals surface area contributed by atoms with Crippen molar-refractivity contribution in [2.24, 2.45) is 5.92 Å². The van der Waals surface area contributed by atoms with Gasteiger partial charge in [-0.05, 0) is 74.2 Å². The zero-order valence-corrected chi connectivity index (χ0v) is 20.1. The molecule has 176 valence electrons. The van der Waals surface area contributed by atoms with Gasteiger partial charge in [-0.2, -0.15) is 4.98 Å². The summed E-state index contributed by atoms with van der Waals surface area (Å²) >= 11 is 5.95. The van der Waals surface area contributed by atoms with Crippen LogP contribution in [0.15, 0.2) is 47.0 Å². The van der Waals surface area contributed by atoms with Crippen LogP contribution in [-0.2, 0) is 9.59 Å². The second kappa shape index (κ2) is 9.22. The van der Waals surface area contributed by atoms with Crippen molar-refractivity contribution in [2.45, 2.75) is 39.0 Å². The average molecular weight is 479 g/mol. The minimum absolute atomic E-state index is 0.0112. The minimum atomic E-state index is -0.300. The summed E-state index contributed by atoms with van der Waals surface area (Å²) in [6.07, 6.45) is 1.78. The summed E-state index contributed by atoms with van der Waals surface area (Å²) in [6, 6.07) is 13.3. The third-order valence-corrected chi connectivity index (χ3v) is 7.23. The van der Waals surface area contributed by atoms with Crippen LogP contribution in [0.5, 0.6) is 0 Å². The number of halogens is 1. The summed E-state index contributed by atoms with van der Waals surface area (Å²) in [5.74, 6) is 1.04. The fourth-order valence-corrected chi connectivity index (χ4v) is 4.86. The Kier molecular flexibility index (Phi) is 6.13. The van der Waals surface area contributed by atoms with Crippen LogP contribution in [0.3, 0.4) is 0 Å². The molecular weight excluding hydrogens is 452 g/mol. The van der Waals surface area contributed by atoms with Crippen molar-refractivity contribution in [3.8, 4) is 11.4 Å². The molecule has 3 heterocycles. The van der Waals surface area contributed by atoms with E-state index in [-0.39, 0.29) is 30.1 Å². The number of piperidine rings is 1. The summed E-state index contributed by atoms with van der Waals surface area (Å²) in [5, 5.41) is 4.77. The van der Waals surface area contributed by atoms with Crippen molar-refractivity contribution in [3.63, 3.8) is 0 Å². The molecule has 0 N–H and O–H groups in total. The molecule has 34 heavy (non-hydrogen) atoms. The number of aromatic nitrogens is 2. The molecule has 2 aliphatic heterocycles. The largest absolute Gasteiger partial charge is 0.342 e. The molecule has 0 unspecified atom stereocenters. The van der Waals surface area contributed by atoms with E-state index in [2.05, 4.69) is 10.1 Å². The van der Waals surface area contributed by atoms with E-state index in [1.54, 1.807) is 17.0 Å². The van der Waals surface area contributed by atoms with E-state index >= 15 is 0 Å². The highest BCUT2D eigenvalue weighted by molar-refractivity contribution is 6.30. The van der Waals surface area contributed by atoms with Gasteiger partial charge < -0.3 is 14.3 Å². The number of anilines is 1. The van der Waals surface area contributed by atoms with Crippen molar-refractivity contribution < 1.29 is 14.1 Å². The van der Waals surface area contributed by atoms with Crippen molar-refractivity contribution >= 4 is 29.1 Å². The molecule has 2 amide bonds. The SMILES string of the molecule is Cc1ccc(N2C[C@@H](C(=O)N3CCC(c4nc(-c5ccc(Cl)cc5)no4)CC3)CC2=O)cc1C. The standard InChI is InChI=1S/C26H27ClN4O3/c1-16-3-8-22(13-17(16)2)31-15-20(14-23(31)32)26(33)30-11-9-19(10-12-30)25-28-24(29-34-25)18-4-6-21(27)7-5-18/h3-8,13,19-20H,9-12,14-15H2,1-2H3/t20-/m0/s1. The second-order valence-electron chi connectivity index (χ2n) is 9.24. The predicted octanol–water partition coefficient (Wildman–Crippen LogP) is 4.77. The van der Waals surface area contributed by atoms with Crippen molar-refractivity contribution in [1.82, 2.24) is 15.0 Å². The molecular formula is C26H27ClN4O3. The fraction of sp³-hybridized carbons (Fsp3) is 0.385. The highest BCUT2D eigenvalue weighted by Gasteiger charge is 2.38.